The zero-order chi connectivity index (χ0) is 28.9. The van der Waals surface area contributed by atoms with Crippen molar-refractivity contribution in [3.05, 3.63) is 35.7 Å². The second-order valence-electron chi connectivity index (χ2n) is 12.5. The van der Waals surface area contributed by atoms with Gasteiger partial charge in [-0.15, -0.1) is 0 Å². The lowest BCUT2D eigenvalue weighted by Gasteiger charge is -2.34. The summed E-state index contributed by atoms with van der Waals surface area (Å²) in [4.78, 5) is 22.5. The number of ether oxygens (including phenoxy) is 2. The van der Waals surface area contributed by atoms with Crippen molar-refractivity contribution in [2.45, 2.75) is 82.9 Å². The van der Waals surface area contributed by atoms with Crippen LogP contribution < -0.4 is 10.6 Å². The molecule has 0 bridgehead atoms. The van der Waals surface area contributed by atoms with E-state index < -0.39 is 9.84 Å². The van der Waals surface area contributed by atoms with Gasteiger partial charge in [0.15, 0.2) is 15.5 Å². The highest BCUT2D eigenvalue weighted by atomic mass is 32.2. The van der Waals surface area contributed by atoms with Gasteiger partial charge in [0, 0.05) is 24.8 Å². The Kier molecular flexibility index (Phi) is 7.32. The zero-order valence-electron chi connectivity index (χ0n) is 24.2. The van der Waals surface area contributed by atoms with E-state index in [2.05, 4.69) is 24.5 Å². The topological polar surface area (TPSA) is 124 Å². The minimum atomic E-state index is -3.59. The Hall–Kier alpha value is -3.02. The van der Waals surface area contributed by atoms with E-state index in [1.807, 2.05) is 17.6 Å². The maximum atomic E-state index is 13.0. The average molecular weight is 582 g/mol. The summed E-state index contributed by atoms with van der Waals surface area (Å²) in [6.07, 6.45) is 7.34. The van der Waals surface area contributed by atoms with Crippen molar-refractivity contribution in [2.75, 3.05) is 30.1 Å². The number of nitrogens with zero attached hydrogens (tertiary/aromatic N) is 3. The van der Waals surface area contributed by atoms with Crippen LogP contribution in [0.25, 0.3) is 11.2 Å². The predicted octanol–water partition coefficient (Wildman–Crippen LogP) is 5.81. The molecule has 4 heterocycles. The first kappa shape index (κ1) is 28.1. The van der Waals surface area contributed by atoms with Gasteiger partial charge in [-0.2, -0.15) is 0 Å². The quantitative estimate of drug-likeness (QED) is 0.358. The van der Waals surface area contributed by atoms with Crippen LogP contribution in [0.15, 0.2) is 29.2 Å². The van der Waals surface area contributed by atoms with Gasteiger partial charge in [-0.05, 0) is 75.0 Å². The van der Waals surface area contributed by atoms with Crippen molar-refractivity contribution >= 4 is 44.1 Å². The molecule has 1 saturated carbocycles. The van der Waals surface area contributed by atoms with Gasteiger partial charge >= 0.3 is 0 Å². The van der Waals surface area contributed by atoms with E-state index in [0.717, 1.165) is 56.3 Å². The van der Waals surface area contributed by atoms with E-state index in [1.165, 1.54) is 6.26 Å². The summed E-state index contributed by atoms with van der Waals surface area (Å²) in [5.41, 5.74) is 3.12. The van der Waals surface area contributed by atoms with Crippen LogP contribution in [0, 0.1) is 18.3 Å². The summed E-state index contributed by atoms with van der Waals surface area (Å²) in [5.74, 6) is 1.08. The van der Waals surface area contributed by atoms with Gasteiger partial charge in [0.1, 0.15) is 23.4 Å². The standard InChI is InChI=1S/C30H39N5O5S/c1-18-31-27-22(16-25(34-29(36)19-8-9-19)33-28(27)35(18)26-7-5-6-14-39-26)32-21-11-10-20(15-24(21)41(4,37)38)23-12-13-30(2,3)17-40-23/h10-11,15-16,19,23,26H,5-9,12-14,17H2,1-4H3,(H2,32,33,34,36). The number of aryl methyl sites for hydroxylation is 1. The Labute approximate surface area is 241 Å². The monoisotopic (exact) mass is 581 g/mol. The highest BCUT2D eigenvalue weighted by molar-refractivity contribution is 7.90. The van der Waals surface area contributed by atoms with Gasteiger partial charge in [-0.1, -0.05) is 19.9 Å². The molecular weight excluding hydrogens is 542 g/mol. The number of pyridine rings is 1. The van der Waals surface area contributed by atoms with Crippen LogP contribution in [-0.4, -0.2) is 48.3 Å². The molecule has 2 unspecified atom stereocenters. The number of carbonyl (C=O) groups is 1. The summed E-state index contributed by atoms with van der Waals surface area (Å²) in [7, 11) is -3.59. The third kappa shape index (κ3) is 5.98. The van der Waals surface area contributed by atoms with E-state index in [9.17, 15) is 13.2 Å². The second-order valence-corrected chi connectivity index (χ2v) is 14.5. The Balaban J connectivity index is 1.40. The molecule has 2 atom stereocenters. The molecule has 2 aromatic heterocycles. The van der Waals surface area contributed by atoms with Crippen molar-refractivity contribution in [3.8, 4) is 0 Å². The van der Waals surface area contributed by atoms with E-state index >= 15 is 0 Å². The van der Waals surface area contributed by atoms with Crippen LogP contribution in [0.1, 0.15) is 82.5 Å². The minimum Gasteiger partial charge on any atom is -0.373 e. The first-order chi connectivity index (χ1) is 19.5. The first-order valence-electron chi connectivity index (χ1n) is 14.5. The molecular formula is C30H39N5O5S. The van der Waals surface area contributed by atoms with Crippen LogP contribution in [0.5, 0.6) is 0 Å². The summed E-state index contributed by atoms with van der Waals surface area (Å²) >= 11 is 0. The number of aromatic nitrogens is 3. The van der Waals surface area contributed by atoms with Crippen LogP contribution in [0.2, 0.25) is 0 Å². The number of fused-ring (bicyclic) bond motifs is 1. The molecule has 1 amide bonds. The molecule has 41 heavy (non-hydrogen) atoms. The molecule has 2 saturated heterocycles. The van der Waals surface area contributed by atoms with Crippen molar-refractivity contribution in [2.24, 2.45) is 11.3 Å². The average Bonchev–Trinajstić information content (AvgIpc) is 3.72. The third-order valence-electron chi connectivity index (χ3n) is 8.27. The molecule has 2 aliphatic heterocycles. The molecule has 1 aromatic carbocycles. The second kappa shape index (κ2) is 10.7. The third-order valence-corrected chi connectivity index (χ3v) is 9.41. The molecule has 3 aliphatic rings. The number of sulfone groups is 1. The number of hydrogen-bond donors (Lipinski definition) is 2. The molecule has 3 aromatic rings. The van der Waals surface area contributed by atoms with E-state index in [0.29, 0.717) is 41.6 Å². The molecule has 220 valence electrons. The number of hydrogen-bond acceptors (Lipinski definition) is 8. The van der Waals surface area contributed by atoms with Crippen LogP contribution >= 0.6 is 0 Å². The van der Waals surface area contributed by atoms with Gasteiger partial charge < -0.3 is 20.1 Å². The fourth-order valence-electron chi connectivity index (χ4n) is 5.74. The number of imidazole rings is 1. The SMILES string of the molecule is Cc1nc2c(Nc3ccc(C4CCC(C)(C)CO4)cc3S(C)(=O)=O)cc(NC(=O)C3CC3)nc2n1C1CCCCO1. The lowest BCUT2D eigenvalue weighted by atomic mass is 9.84. The number of anilines is 3. The maximum absolute atomic E-state index is 13.0. The minimum absolute atomic E-state index is 0.00851. The van der Waals surface area contributed by atoms with Crippen molar-refractivity contribution < 1.29 is 22.7 Å². The Morgan fingerprint density at radius 2 is 1.85 bits per heavy atom. The smallest absolute Gasteiger partial charge is 0.228 e. The summed E-state index contributed by atoms with van der Waals surface area (Å²) in [6, 6.07) is 7.16. The summed E-state index contributed by atoms with van der Waals surface area (Å²) in [6.45, 7) is 7.56. The van der Waals surface area contributed by atoms with Crippen LogP contribution in [0.3, 0.4) is 0 Å². The highest BCUT2D eigenvalue weighted by Crippen LogP contribution is 2.40. The van der Waals surface area contributed by atoms with Gasteiger partial charge in [-0.25, -0.2) is 18.4 Å². The zero-order valence-corrected chi connectivity index (χ0v) is 25.0. The maximum Gasteiger partial charge on any atom is 0.228 e. The van der Waals surface area contributed by atoms with E-state index in [1.54, 1.807) is 18.2 Å². The van der Waals surface area contributed by atoms with Crippen LogP contribution in [0.4, 0.5) is 17.2 Å². The van der Waals surface area contributed by atoms with Gasteiger partial charge in [0.25, 0.3) is 0 Å². The molecule has 0 radical (unpaired) electrons. The number of nitrogens with one attached hydrogen (secondary N) is 2. The Bertz CT molecular complexity index is 1580. The predicted molar refractivity (Wildman–Crippen MR) is 157 cm³/mol. The summed E-state index contributed by atoms with van der Waals surface area (Å²) in [5, 5.41) is 6.30. The number of amides is 1. The fraction of sp³-hybridized carbons (Fsp3) is 0.567. The first-order valence-corrected chi connectivity index (χ1v) is 16.4. The number of carbonyl (C=O) groups excluding carboxylic acids is 1. The molecule has 3 fully saturated rings. The van der Waals surface area contributed by atoms with E-state index in [4.69, 9.17) is 19.4 Å². The normalized spacial score (nSPS) is 22.9. The van der Waals surface area contributed by atoms with Crippen molar-refractivity contribution in [1.82, 2.24) is 14.5 Å². The van der Waals surface area contributed by atoms with Gasteiger partial charge in [-0.3, -0.25) is 9.36 Å². The molecule has 10 nitrogen and oxygen atoms in total. The molecule has 6 rings (SSSR count). The van der Waals surface area contributed by atoms with Crippen molar-refractivity contribution in [1.29, 1.82) is 0 Å². The molecule has 11 heteroatoms. The largest absolute Gasteiger partial charge is 0.373 e. The highest BCUT2D eigenvalue weighted by Gasteiger charge is 2.32. The van der Waals surface area contributed by atoms with Crippen LogP contribution in [-0.2, 0) is 24.1 Å². The van der Waals surface area contributed by atoms with Gasteiger partial charge in [0.05, 0.1) is 29.0 Å². The lowest BCUT2D eigenvalue weighted by Crippen LogP contribution is -2.27. The Morgan fingerprint density at radius 3 is 2.51 bits per heavy atom. The Morgan fingerprint density at radius 1 is 1.05 bits per heavy atom. The fourth-order valence-corrected chi connectivity index (χ4v) is 6.61. The number of rotatable bonds is 7. The molecule has 2 N–H and O–H groups in total. The van der Waals surface area contributed by atoms with E-state index in [-0.39, 0.29) is 34.5 Å². The van der Waals surface area contributed by atoms with Gasteiger partial charge in [0.2, 0.25) is 5.91 Å². The molecule has 0 spiro atoms. The van der Waals surface area contributed by atoms with Crippen molar-refractivity contribution in [3.63, 3.8) is 0 Å². The molecule has 1 aliphatic carbocycles. The lowest BCUT2D eigenvalue weighted by molar-refractivity contribution is -0.117. The summed E-state index contributed by atoms with van der Waals surface area (Å²) < 4.78 is 40.2. The number of benzene rings is 1.